The second kappa shape index (κ2) is 7.76. The molecule has 6 heteroatoms. The Morgan fingerprint density at radius 1 is 1.26 bits per heavy atom. The lowest BCUT2D eigenvalue weighted by Crippen LogP contribution is -2.58. The van der Waals surface area contributed by atoms with Crippen LogP contribution >= 0.6 is 0 Å². The highest BCUT2D eigenvalue weighted by Crippen LogP contribution is 2.42. The minimum absolute atomic E-state index is 0.122. The Kier molecular flexibility index (Phi) is 5.37. The van der Waals surface area contributed by atoms with Crippen LogP contribution in [-0.4, -0.2) is 52.7 Å². The van der Waals surface area contributed by atoms with Gasteiger partial charge >= 0.3 is 0 Å². The van der Waals surface area contributed by atoms with E-state index in [0.717, 1.165) is 57.2 Å². The molecular weight excluding hydrogens is 342 g/mol. The predicted octanol–water partition coefficient (Wildman–Crippen LogP) is 2.43. The highest BCUT2D eigenvalue weighted by molar-refractivity contribution is 5.87. The van der Waals surface area contributed by atoms with E-state index >= 15 is 0 Å². The van der Waals surface area contributed by atoms with Crippen molar-refractivity contribution in [3.8, 4) is 5.75 Å². The molecule has 1 aromatic rings. The summed E-state index contributed by atoms with van der Waals surface area (Å²) < 4.78 is 5.33. The number of ether oxygens (including phenoxy) is 1. The second-order valence-electron chi connectivity index (χ2n) is 8.43. The number of carbonyl (C=O) groups is 1. The van der Waals surface area contributed by atoms with E-state index in [1.807, 2.05) is 12.3 Å². The van der Waals surface area contributed by atoms with Crippen LogP contribution < -0.4 is 10.1 Å². The van der Waals surface area contributed by atoms with Crippen LogP contribution in [0.4, 0.5) is 0 Å². The van der Waals surface area contributed by atoms with Gasteiger partial charge in [-0.15, -0.1) is 0 Å². The number of nitrogens with zero attached hydrogens (tertiary/aromatic N) is 2. The highest BCUT2D eigenvalue weighted by Gasteiger charge is 2.48. The Morgan fingerprint density at radius 2 is 1.96 bits per heavy atom. The maximum Gasteiger partial charge on any atom is 0.241 e. The van der Waals surface area contributed by atoms with Crippen molar-refractivity contribution in [1.29, 1.82) is 0 Å². The molecule has 2 aliphatic carbocycles. The van der Waals surface area contributed by atoms with Crippen molar-refractivity contribution in [3.63, 3.8) is 0 Å². The topological polar surface area (TPSA) is 74.7 Å². The predicted molar refractivity (Wildman–Crippen MR) is 102 cm³/mol. The van der Waals surface area contributed by atoms with Crippen LogP contribution in [-0.2, 0) is 4.79 Å². The molecule has 27 heavy (non-hydrogen) atoms. The smallest absolute Gasteiger partial charge is 0.241 e. The lowest BCUT2D eigenvalue weighted by molar-refractivity contribution is -0.135. The third kappa shape index (κ3) is 3.57. The number of aliphatic hydroxyl groups is 1. The number of nitrogens with one attached hydrogen (secondary N) is 1. The average molecular weight is 373 g/mol. The minimum atomic E-state index is -0.344. The van der Waals surface area contributed by atoms with Gasteiger partial charge in [0.1, 0.15) is 11.3 Å². The molecule has 3 fully saturated rings. The van der Waals surface area contributed by atoms with Crippen molar-refractivity contribution in [2.24, 2.45) is 5.92 Å². The first-order chi connectivity index (χ1) is 13.1. The van der Waals surface area contributed by atoms with Gasteiger partial charge in [0.05, 0.1) is 25.5 Å². The normalized spacial score (nSPS) is 28.5. The Bertz CT molecular complexity index is 662. The summed E-state index contributed by atoms with van der Waals surface area (Å²) in [7, 11) is 1.63. The largest absolute Gasteiger partial charge is 0.495 e. The Morgan fingerprint density at radius 3 is 2.59 bits per heavy atom. The van der Waals surface area contributed by atoms with Crippen molar-refractivity contribution >= 4 is 5.91 Å². The van der Waals surface area contributed by atoms with E-state index in [1.165, 1.54) is 12.8 Å². The average Bonchev–Trinajstić information content (AvgIpc) is 3.35. The molecule has 0 unspecified atom stereocenters. The SMILES string of the molecule is COc1cncc([C@H](NC(=O)C2(N3CCCC3)CCCC2)C2CC(O)C2)c1. The van der Waals surface area contributed by atoms with Crippen molar-refractivity contribution in [3.05, 3.63) is 24.0 Å². The molecule has 0 aromatic carbocycles. The number of aromatic nitrogens is 1. The van der Waals surface area contributed by atoms with Crippen LogP contribution in [0.1, 0.15) is 63.0 Å². The number of methoxy groups -OCH3 is 1. The van der Waals surface area contributed by atoms with Crippen molar-refractivity contribution in [1.82, 2.24) is 15.2 Å². The monoisotopic (exact) mass is 373 g/mol. The molecule has 0 spiro atoms. The van der Waals surface area contributed by atoms with E-state index in [1.54, 1.807) is 13.3 Å². The van der Waals surface area contributed by atoms with Gasteiger partial charge in [0.25, 0.3) is 0 Å². The summed E-state index contributed by atoms with van der Waals surface area (Å²) in [5, 5.41) is 13.2. The maximum absolute atomic E-state index is 13.6. The Labute approximate surface area is 161 Å². The van der Waals surface area contributed by atoms with E-state index < -0.39 is 0 Å². The van der Waals surface area contributed by atoms with Gasteiger partial charge in [-0.3, -0.25) is 14.7 Å². The van der Waals surface area contributed by atoms with E-state index in [2.05, 4.69) is 15.2 Å². The fourth-order valence-corrected chi connectivity index (χ4v) is 5.16. The lowest BCUT2D eigenvalue weighted by atomic mass is 9.75. The maximum atomic E-state index is 13.6. The number of rotatable bonds is 6. The molecule has 1 saturated heterocycles. The highest BCUT2D eigenvalue weighted by atomic mass is 16.5. The summed E-state index contributed by atoms with van der Waals surface area (Å²) in [6.45, 7) is 2.06. The molecule has 1 aliphatic heterocycles. The lowest BCUT2D eigenvalue weighted by Gasteiger charge is -2.42. The van der Waals surface area contributed by atoms with Gasteiger partial charge in [0, 0.05) is 6.20 Å². The summed E-state index contributed by atoms with van der Waals surface area (Å²) in [5.74, 6) is 1.10. The minimum Gasteiger partial charge on any atom is -0.495 e. The summed E-state index contributed by atoms with van der Waals surface area (Å²) in [6.07, 6.45) is 11.2. The number of aliphatic hydroxyl groups excluding tert-OH is 1. The second-order valence-corrected chi connectivity index (χ2v) is 8.43. The van der Waals surface area contributed by atoms with E-state index in [9.17, 15) is 9.90 Å². The van der Waals surface area contributed by atoms with Crippen molar-refractivity contribution in [2.75, 3.05) is 20.2 Å². The number of pyridine rings is 1. The van der Waals surface area contributed by atoms with Crippen LogP contribution in [0.15, 0.2) is 18.5 Å². The molecule has 2 N–H and O–H groups in total. The number of amides is 1. The molecule has 148 valence electrons. The first kappa shape index (κ1) is 18.7. The third-order valence-corrected chi connectivity index (χ3v) is 6.80. The molecule has 3 aliphatic rings. The summed E-state index contributed by atoms with van der Waals surface area (Å²) in [6, 6.07) is 1.84. The van der Waals surface area contributed by atoms with E-state index in [0.29, 0.717) is 5.75 Å². The van der Waals surface area contributed by atoms with Gasteiger partial charge in [-0.25, -0.2) is 0 Å². The zero-order valence-corrected chi connectivity index (χ0v) is 16.2. The number of likely N-dealkylation sites (tertiary alicyclic amines) is 1. The number of carbonyl (C=O) groups excluding carboxylic acids is 1. The molecule has 2 saturated carbocycles. The van der Waals surface area contributed by atoms with Crippen molar-refractivity contribution < 1.29 is 14.6 Å². The van der Waals surface area contributed by atoms with E-state index in [-0.39, 0.29) is 29.5 Å². The van der Waals surface area contributed by atoms with Crippen molar-refractivity contribution in [2.45, 2.75) is 69.1 Å². The summed E-state index contributed by atoms with van der Waals surface area (Å²) >= 11 is 0. The van der Waals surface area contributed by atoms with Crippen LogP contribution in [0.3, 0.4) is 0 Å². The molecule has 1 atom stereocenters. The molecule has 0 radical (unpaired) electrons. The summed E-state index contributed by atoms with van der Waals surface area (Å²) in [5.41, 5.74) is 0.623. The van der Waals surface area contributed by atoms with Gasteiger partial charge in [-0.1, -0.05) is 12.8 Å². The van der Waals surface area contributed by atoms with Gasteiger partial charge < -0.3 is 15.2 Å². The standard InChI is InChI=1S/C21H31N3O3/c1-27-18-12-16(13-22-14-18)19(15-10-17(25)11-15)23-20(26)21(6-2-3-7-21)24-8-4-5-9-24/h12-15,17,19,25H,2-11H2,1H3,(H,23,26)/t15?,17?,19-/m1/s1. The quantitative estimate of drug-likeness (QED) is 0.801. The van der Waals surface area contributed by atoms with Crippen LogP contribution in [0.25, 0.3) is 0 Å². The molecular formula is C21H31N3O3. The fraction of sp³-hybridized carbons (Fsp3) is 0.714. The molecule has 1 aromatic heterocycles. The van der Waals surface area contributed by atoms with Gasteiger partial charge in [0.15, 0.2) is 0 Å². The van der Waals surface area contributed by atoms with Gasteiger partial charge in [-0.2, -0.15) is 0 Å². The number of hydrogen-bond donors (Lipinski definition) is 2. The zero-order chi connectivity index (χ0) is 18.9. The molecule has 4 rings (SSSR count). The molecule has 6 nitrogen and oxygen atoms in total. The first-order valence-electron chi connectivity index (χ1n) is 10.4. The number of hydrogen-bond acceptors (Lipinski definition) is 5. The van der Waals surface area contributed by atoms with E-state index in [4.69, 9.17) is 4.74 Å². The van der Waals surface area contributed by atoms with Gasteiger partial charge in [-0.05, 0) is 69.2 Å². The summed E-state index contributed by atoms with van der Waals surface area (Å²) in [4.78, 5) is 20.3. The Balaban J connectivity index is 1.57. The van der Waals surface area contributed by atoms with Crippen LogP contribution in [0, 0.1) is 5.92 Å². The molecule has 0 bridgehead atoms. The molecule has 1 amide bonds. The third-order valence-electron chi connectivity index (χ3n) is 6.80. The van der Waals surface area contributed by atoms with Gasteiger partial charge in [0.2, 0.25) is 5.91 Å². The fourth-order valence-electron chi connectivity index (χ4n) is 5.16. The Hall–Kier alpha value is -1.66. The van der Waals surface area contributed by atoms with Crippen LogP contribution in [0.5, 0.6) is 5.75 Å². The first-order valence-corrected chi connectivity index (χ1v) is 10.4. The molecule has 2 heterocycles. The zero-order valence-electron chi connectivity index (χ0n) is 16.2. The van der Waals surface area contributed by atoms with Crippen LogP contribution in [0.2, 0.25) is 0 Å².